The number of carbonyl (C=O) groups excluding carboxylic acids is 2. The Labute approximate surface area is 141 Å². The van der Waals surface area contributed by atoms with E-state index in [0.29, 0.717) is 22.8 Å². The van der Waals surface area contributed by atoms with E-state index in [2.05, 4.69) is 20.6 Å². The molecule has 0 bridgehead atoms. The number of H-pyrrole nitrogens is 2. The highest BCUT2D eigenvalue weighted by Gasteiger charge is 2.23. The second-order valence-electron chi connectivity index (χ2n) is 5.70. The summed E-state index contributed by atoms with van der Waals surface area (Å²) in [7, 11) is 0. The topological polar surface area (TPSA) is 133 Å². The number of hydrogen-bond acceptors (Lipinski definition) is 5. The minimum Gasteiger partial charge on any atom is -0.479 e. The Kier molecular flexibility index (Phi) is 4.14. The lowest BCUT2D eigenvalue weighted by molar-refractivity contribution is -0.122. The van der Waals surface area contributed by atoms with E-state index in [1.165, 1.54) is 0 Å². The van der Waals surface area contributed by atoms with Crippen LogP contribution in [0.4, 0.5) is 11.4 Å². The predicted molar refractivity (Wildman–Crippen MR) is 89.9 cm³/mol. The van der Waals surface area contributed by atoms with Gasteiger partial charge in [0.25, 0.3) is 11.5 Å². The van der Waals surface area contributed by atoms with Gasteiger partial charge in [0.05, 0.1) is 12.1 Å². The number of benzene rings is 1. The largest absolute Gasteiger partial charge is 0.479 e. The van der Waals surface area contributed by atoms with Gasteiger partial charge in [0.1, 0.15) is 5.75 Å². The van der Waals surface area contributed by atoms with Crippen molar-refractivity contribution in [2.24, 2.45) is 0 Å². The van der Waals surface area contributed by atoms with Crippen LogP contribution in [0.1, 0.15) is 18.2 Å². The normalized spacial score (nSPS) is 15.8. The summed E-state index contributed by atoms with van der Waals surface area (Å²) in [4.78, 5) is 51.3. The molecule has 2 amide bonds. The Bertz CT molecular complexity index is 975. The molecule has 0 radical (unpaired) electrons. The summed E-state index contributed by atoms with van der Waals surface area (Å²) in [6, 6.07) is 4.84. The van der Waals surface area contributed by atoms with Crippen LogP contribution in [-0.4, -0.2) is 27.9 Å². The van der Waals surface area contributed by atoms with Crippen LogP contribution < -0.4 is 26.6 Å². The fourth-order valence-corrected chi connectivity index (χ4v) is 2.49. The molecule has 25 heavy (non-hydrogen) atoms. The van der Waals surface area contributed by atoms with Gasteiger partial charge in [-0.3, -0.25) is 19.4 Å². The lowest BCUT2D eigenvalue weighted by atomic mass is 10.1. The van der Waals surface area contributed by atoms with Gasteiger partial charge < -0.3 is 20.4 Å². The molecule has 3 rings (SSSR count). The number of aromatic nitrogens is 2. The average molecular weight is 344 g/mol. The summed E-state index contributed by atoms with van der Waals surface area (Å²) >= 11 is 0. The molecule has 0 aliphatic carbocycles. The zero-order chi connectivity index (χ0) is 18.1. The Hall–Kier alpha value is -3.36. The minimum atomic E-state index is -0.619. The molecule has 1 atom stereocenters. The highest BCUT2D eigenvalue weighted by atomic mass is 16.5. The van der Waals surface area contributed by atoms with Gasteiger partial charge in [0, 0.05) is 16.9 Å². The van der Waals surface area contributed by atoms with Crippen LogP contribution in [0.5, 0.6) is 5.75 Å². The first-order valence-corrected chi connectivity index (χ1v) is 7.57. The third-order valence-corrected chi connectivity index (χ3v) is 3.79. The number of aromatic amines is 2. The van der Waals surface area contributed by atoms with Gasteiger partial charge in [-0.2, -0.15) is 0 Å². The van der Waals surface area contributed by atoms with E-state index in [0.717, 1.165) is 0 Å². The zero-order valence-corrected chi connectivity index (χ0v) is 13.6. The second kappa shape index (κ2) is 6.27. The highest BCUT2D eigenvalue weighted by Crippen LogP contribution is 2.32. The predicted octanol–water partition coefficient (Wildman–Crippen LogP) is 0.272. The van der Waals surface area contributed by atoms with Crippen LogP contribution in [0.3, 0.4) is 0 Å². The minimum absolute atomic E-state index is 0.181. The SMILES string of the molecule is Cc1[nH]c(=O)[nH]c(=O)c1CC(=O)Nc1ccc2c(c1)NC(=O)C(C)O2. The van der Waals surface area contributed by atoms with E-state index in [1.807, 2.05) is 0 Å². The van der Waals surface area contributed by atoms with Crippen LogP contribution in [-0.2, 0) is 16.0 Å². The zero-order valence-electron chi connectivity index (χ0n) is 13.6. The van der Waals surface area contributed by atoms with Crippen LogP contribution >= 0.6 is 0 Å². The molecule has 0 fully saturated rings. The van der Waals surface area contributed by atoms with Crippen molar-refractivity contribution in [3.63, 3.8) is 0 Å². The molecule has 2 aromatic rings. The van der Waals surface area contributed by atoms with Gasteiger partial charge >= 0.3 is 5.69 Å². The number of anilines is 2. The third-order valence-electron chi connectivity index (χ3n) is 3.79. The first-order chi connectivity index (χ1) is 11.8. The molecule has 0 spiro atoms. The van der Waals surface area contributed by atoms with E-state index in [1.54, 1.807) is 32.0 Å². The summed E-state index contributed by atoms with van der Waals surface area (Å²) < 4.78 is 5.44. The molecule has 0 saturated heterocycles. The molecule has 1 aromatic carbocycles. The number of fused-ring (bicyclic) bond motifs is 1. The summed E-state index contributed by atoms with van der Waals surface area (Å²) in [5, 5.41) is 5.33. The molecule has 1 unspecified atom stereocenters. The van der Waals surface area contributed by atoms with Gasteiger partial charge in [-0.25, -0.2) is 4.79 Å². The van der Waals surface area contributed by atoms with E-state index in [9.17, 15) is 19.2 Å². The quantitative estimate of drug-likeness (QED) is 0.634. The Morgan fingerprint density at radius 2 is 2.00 bits per heavy atom. The van der Waals surface area contributed by atoms with Gasteiger partial charge in [0.15, 0.2) is 6.10 Å². The van der Waals surface area contributed by atoms with Gasteiger partial charge in [-0.1, -0.05) is 0 Å². The number of aryl methyl sites for hydroxylation is 1. The van der Waals surface area contributed by atoms with Crippen LogP contribution in [0.25, 0.3) is 0 Å². The number of amides is 2. The number of carbonyl (C=O) groups is 2. The fourth-order valence-electron chi connectivity index (χ4n) is 2.49. The van der Waals surface area contributed by atoms with Gasteiger partial charge in [-0.05, 0) is 32.0 Å². The maximum atomic E-state index is 12.2. The Morgan fingerprint density at radius 3 is 2.72 bits per heavy atom. The number of rotatable bonds is 3. The molecule has 1 aliphatic heterocycles. The van der Waals surface area contributed by atoms with Crippen molar-refractivity contribution in [1.29, 1.82) is 0 Å². The molecule has 9 nitrogen and oxygen atoms in total. The standard InChI is InChI=1S/C16H16N4O5/c1-7-10(15(23)20-16(24)17-7)6-13(21)18-9-3-4-12-11(5-9)19-14(22)8(2)25-12/h3-5,8H,6H2,1-2H3,(H,18,21)(H,19,22)(H2,17,20,23,24). The van der Waals surface area contributed by atoms with Crippen molar-refractivity contribution in [3.8, 4) is 5.75 Å². The van der Waals surface area contributed by atoms with Gasteiger partial charge in [0.2, 0.25) is 5.91 Å². The van der Waals surface area contributed by atoms with E-state index >= 15 is 0 Å². The first-order valence-electron chi connectivity index (χ1n) is 7.57. The smallest absolute Gasteiger partial charge is 0.325 e. The van der Waals surface area contributed by atoms with E-state index in [-0.39, 0.29) is 17.9 Å². The number of ether oxygens (including phenoxy) is 1. The van der Waals surface area contributed by atoms with Crippen molar-refractivity contribution in [2.45, 2.75) is 26.4 Å². The third kappa shape index (κ3) is 3.44. The number of hydrogen-bond donors (Lipinski definition) is 4. The second-order valence-corrected chi connectivity index (χ2v) is 5.70. The van der Waals surface area contributed by atoms with Crippen molar-refractivity contribution in [1.82, 2.24) is 9.97 Å². The van der Waals surface area contributed by atoms with Crippen LogP contribution in [0.2, 0.25) is 0 Å². The Morgan fingerprint density at radius 1 is 1.24 bits per heavy atom. The van der Waals surface area contributed by atoms with Crippen molar-refractivity contribution in [3.05, 3.63) is 50.3 Å². The lowest BCUT2D eigenvalue weighted by Crippen LogP contribution is -2.34. The molecule has 4 N–H and O–H groups in total. The monoisotopic (exact) mass is 344 g/mol. The first kappa shape index (κ1) is 16.5. The van der Waals surface area contributed by atoms with Gasteiger partial charge in [-0.15, -0.1) is 0 Å². The lowest BCUT2D eigenvalue weighted by Gasteiger charge is -2.23. The molecular weight excluding hydrogens is 328 g/mol. The highest BCUT2D eigenvalue weighted by molar-refractivity contribution is 5.99. The maximum Gasteiger partial charge on any atom is 0.325 e. The summed E-state index contributed by atoms with van der Waals surface area (Å²) in [5.74, 6) is -0.193. The Balaban J connectivity index is 1.76. The summed E-state index contributed by atoms with van der Waals surface area (Å²) in [5.41, 5.74) is 0.201. The molecule has 2 heterocycles. The van der Waals surface area contributed by atoms with Crippen LogP contribution in [0.15, 0.2) is 27.8 Å². The maximum absolute atomic E-state index is 12.2. The van der Waals surface area contributed by atoms with Crippen molar-refractivity contribution < 1.29 is 14.3 Å². The molecular formula is C16H16N4O5. The fraction of sp³-hybridized carbons (Fsp3) is 0.250. The van der Waals surface area contributed by atoms with Crippen molar-refractivity contribution >= 4 is 23.2 Å². The summed E-state index contributed by atoms with van der Waals surface area (Å²) in [6.45, 7) is 3.18. The number of nitrogens with one attached hydrogen (secondary N) is 4. The van der Waals surface area contributed by atoms with E-state index < -0.39 is 23.3 Å². The molecule has 1 aromatic heterocycles. The molecule has 1 aliphatic rings. The summed E-state index contributed by atoms with van der Waals surface area (Å²) in [6.07, 6.45) is -0.780. The van der Waals surface area contributed by atoms with Crippen molar-refractivity contribution in [2.75, 3.05) is 10.6 Å². The van der Waals surface area contributed by atoms with Crippen LogP contribution in [0, 0.1) is 6.92 Å². The van der Waals surface area contributed by atoms with E-state index in [4.69, 9.17) is 4.74 Å². The average Bonchev–Trinajstić information content (AvgIpc) is 2.52. The molecule has 130 valence electrons. The molecule has 0 saturated carbocycles. The molecule has 9 heteroatoms.